The molecule has 0 aliphatic heterocycles. The van der Waals surface area contributed by atoms with E-state index in [4.69, 9.17) is 39.5 Å². The molecule has 0 spiro atoms. The Bertz CT molecular complexity index is 612. The Labute approximate surface area is 132 Å². The van der Waals surface area contributed by atoms with E-state index in [2.05, 4.69) is 0 Å². The van der Waals surface area contributed by atoms with Gasteiger partial charge >= 0.3 is 0 Å². The summed E-state index contributed by atoms with van der Waals surface area (Å²) in [7, 11) is 0. The lowest BCUT2D eigenvalue weighted by Crippen LogP contribution is -2.01. The van der Waals surface area contributed by atoms with Gasteiger partial charge in [-0.15, -0.1) is 0 Å². The van der Waals surface area contributed by atoms with E-state index in [1.54, 1.807) is 37.3 Å². The zero-order valence-corrected chi connectivity index (χ0v) is 13.0. The Hall–Kier alpha value is -0.930. The molecule has 0 unspecified atom stereocenters. The molecule has 20 heavy (non-hydrogen) atoms. The molecule has 1 N–H and O–H groups in total. The van der Waals surface area contributed by atoms with Gasteiger partial charge in [0.1, 0.15) is 12.4 Å². The van der Waals surface area contributed by atoms with Gasteiger partial charge in [-0.3, -0.25) is 0 Å². The molecule has 0 fully saturated rings. The molecule has 2 aromatic rings. The van der Waals surface area contributed by atoms with Crippen molar-refractivity contribution in [3.8, 4) is 5.75 Å². The van der Waals surface area contributed by atoms with Crippen LogP contribution in [0, 0.1) is 0 Å². The molecule has 0 aliphatic rings. The highest BCUT2D eigenvalue weighted by Crippen LogP contribution is 2.29. The van der Waals surface area contributed by atoms with E-state index in [0.29, 0.717) is 33.0 Å². The van der Waals surface area contributed by atoms with Crippen LogP contribution >= 0.6 is 34.8 Å². The third-order valence-electron chi connectivity index (χ3n) is 2.80. The molecule has 0 aliphatic carbocycles. The maximum Gasteiger partial charge on any atom is 0.125 e. The third-order valence-corrected chi connectivity index (χ3v) is 3.77. The van der Waals surface area contributed by atoms with Crippen LogP contribution in [0.3, 0.4) is 0 Å². The minimum absolute atomic E-state index is 0.332. The molecular weight excluding hydrogens is 319 g/mol. The molecule has 0 saturated heterocycles. The number of rotatable bonds is 4. The van der Waals surface area contributed by atoms with Crippen LogP contribution in [-0.2, 0) is 6.61 Å². The molecule has 0 radical (unpaired) electrons. The second-order valence-electron chi connectivity index (χ2n) is 4.40. The standard InChI is InChI=1S/C15H13Cl3O2/c1-9(19)12-7-11(16)3-5-15(12)20-8-10-2-4-13(17)14(18)6-10/h2-7,9,19H,8H2,1H3/t9-/m1/s1. The Morgan fingerprint density at radius 2 is 1.80 bits per heavy atom. The molecule has 0 heterocycles. The summed E-state index contributed by atoms with van der Waals surface area (Å²) in [5.74, 6) is 0.593. The topological polar surface area (TPSA) is 29.5 Å². The van der Waals surface area contributed by atoms with Crippen molar-refractivity contribution in [2.24, 2.45) is 0 Å². The third kappa shape index (κ3) is 3.80. The largest absolute Gasteiger partial charge is 0.489 e. The number of ether oxygens (including phenoxy) is 1. The minimum atomic E-state index is -0.655. The highest BCUT2D eigenvalue weighted by Gasteiger charge is 2.10. The second-order valence-corrected chi connectivity index (χ2v) is 5.65. The second kappa shape index (κ2) is 6.68. The average Bonchev–Trinajstić information content (AvgIpc) is 2.41. The minimum Gasteiger partial charge on any atom is -0.489 e. The summed E-state index contributed by atoms with van der Waals surface area (Å²) in [6, 6.07) is 10.5. The Morgan fingerprint density at radius 3 is 2.45 bits per heavy atom. The fourth-order valence-corrected chi connectivity index (χ4v) is 2.27. The number of aliphatic hydroxyl groups is 1. The van der Waals surface area contributed by atoms with Gasteiger partial charge in [-0.25, -0.2) is 0 Å². The summed E-state index contributed by atoms with van der Waals surface area (Å²) in [6.45, 7) is 2.00. The average molecular weight is 332 g/mol. The van der Waals surface area contributed by atoms with E-state index in [1.807, 2.05) is 6.07 Å². The van der Waals surface area contributed by atoms with E-state index in [9.17, 15) is 5.11 Å². The quantitative estimate of drug-likeness (QED) is 0.826. The lowest BCUT2D eigenvalue weighted by Gasteiger charge is -2.14. The first-order valence-electron chi connectivity index (χ1n) is 6.01. The molecule has 2 rings (SSSR count). The van der Waals surface area contributed by atoms with Crippen molar-refractivity contribution in [3.63, 3.8) is 0 Å². The summed E-state index contributed by atoms with van der Waals surface area (Å²) >= 11 is 17.7. The summed E-state index contributed by atoms with van der Waals surface area (Å²) in [5.41, 5.74) is 1.54. The van der Waals surface area contributed by atoms with Crippen LogP contribution in [0.15, 0.2) is 36.4 Å². The highest BCUT2D eigenvalue weighted by molar-refractivity contribution is 6.42. The van der Waals surface area contributed by atoms with Crippen LogP contribution in [0.25, 0.3) is 0 Å². The van der Waals surface area contributed by atoms with Gasteiger partial charge in [0, 0.05) is 10.6 Å². The molecule has 106 valence electrons. The van der Waals surface area contributed by atoms with Crippen LogP contribution in [0.1, 0.15) is 24.2 Å². The molecule has 2 nitrogen and oxygen atoms in total. The zero-order valence-electron chi connectivity index (χ0n) is 10.7. The fraction of sp³-hybridized carbons (Fsp3) is 0.200. The smallest absolute Gasteiger partial charge is 0.125 e. The summed E-state index contributed by atoms with van der Waals surface area (Å²) in [6.07, 6.45) is -0.655. The molecule has 0 bridgehead atoms. The van der Waals surface area contributed by atoms with Gasteiger partial charge in [0.15, 0.2) is 0 Å². The zero-order chi connectivity index (χ0) is 14.7. The van der Waals surface area contributed by atoms with Crippen LogP contribution < -0.4 is 4.74 Å². The van der Waals surface area contributed by atoms with Crippen molar-refractivity contribution in [1.82, 2.24) is 0 Å². The van der Waals surface area contributed by atoms with Crippen molar-refractivity contribution < 1.29 is 9.84 Å². The van der Waals surface area contributed by atoms with Gasteiger partial charge < -0.3 is 9.84 Å². The van der Waals surface area contributed by atoms with Gasteiger partial charge in [0.25, 0.3) is 0 Å². The van der Waals surface area contributed by atoms with Gasteiger partial charge in [-0.2, -0.15) is 0 Å². The lowest BCUT2D eigenvalue weighted by molar-refractivity contribution is 0.190. The van der Waals surface area contributed by atoms with Crippen molar-refractivity contribution in [3.05, 3.63) is 62.6 Å². The van der Waals surface area contributed by atoms with Crippen molar-refractivity contribution in [1.29, 1.82) is 0 Å². The van der Waals surface area contributed by atoms with E-state index >= 15 is 0 Å². The molecule has 1 atom stereocenters. The number of benzene rings is 2. The van der Waals surface area contributed by atoms with Gasteiger partial charge in [0.2, 0.25) is 0 Å². The van der Waals surface area contributed by atoms with E-state index in [-0.39, 0.29) is 0 Å². The van der Waals surface area contributed by atoms with Crippen LogP contribution in [0.2, 0.25) is 15.1 Å². The van der Waals surface area contributed by atoms with E-state index < -0.39 is 6.10 Å². The Kier molecular flexibility index (Phi) is 5.17. The lowest BCUT2D eigenvalue weighted by atomic mass is 10.1. The fourth-order valence-electron chi connectivity index (χ4n) is 1.77. The van der Waals surface area contributed by atoms with Crippen molar-refractivity contribution in [2.45, 2.75) is 19.6 Å². The van der Waals surface area contributed by atoms with Gasteiger partial charge in [-0.05, 0) is 42.8 Å². The number of aliphatic hydroxyl groups excluding tert-OH is 1. The van der Waals surface area contributed by atoms with E-state index in [0.717, 1.165) is 5.56 Å². The molecule has 0 saturated carbocycles. The molecule has 5 heteroatoms. The van der Waals surface area contributed by atoms with Gasteiger partial charge in [-0.1, -0.05) is 40.9 Å². The highest BCUT2D eigenvalue weighted by atomic mass is 35.5. The van der Waals surface area contributed by atoms with Crippen LogP contribution in [-0.4, -0.2) is 5.11 Å². The maximum absolute atomic E-state index is 9.73. The SMILES string of the molecule is C[C@@H](O)c1cc(Cl)ccc1OCc1ccc(Cl)c(Cl)c1. The molecule has 2 aromatic carbocycles. The van der Waals surface area contributed by atoms with E-state index in [1.165, 1.54) is 0 Å². The monoisotopic (exact) mass is 330 g/mol. The van der Waals surface area contributed by atoms with Gasteiger partial charge in [0.05, 0.1) is 16.1 Å². The molecule has 0 amide bonds. The molecular formula is C15H13Cl3O2. The number of hydrogen-bond donors (Lipinski definition) is 1. The first kappa shape index (κ1) is 15.5. The van der Waals surface area contributed by atoms with Crippen LogP contribution in [0.5, 0.6) is 5.75 Å². The first-order valence-corrected chi connectivity index (χ1v) is 7.15. The summed E-state index contributed by atoms with van der Waals surface area (Å²) in [4.78, 5) is 0. The number of halogens is 3. The summed E-state index contributed by atoms with van der Waals surface area (Å²) in [5, 5.41) is 11.3. The van der Waals surface area contributed by atoms with Crippen LogP contribution in [0.4, 0.5) is 0 Å². The first-order chi connectivity index (χ1) is 9.47. The maximum atomic E-state index is 9.73. The Morgan fingerprint density at radius 1 is 1.05 bits per heavy atom. The predicted molar refractivity (Wildman–Crippen MR) is 82.9 cm³/mol. The summed E-state index contributed by atoms with van der Waals surface area (Å²) < 4.78 is 5.71. The Balaban J connectivity index is 2.16. The number of hydrogen-bond acceptors (Lipinski definition) is 2. The molecule has 0 aromatic heterocycles. The van der Waals surface area contributed by atoms with Crippen molar-refractivity contribution >= 4 is 34.8 Å². The van der Waals surface area contributed by atoms with Crippen molar-refractivity contribution in [2.75, 3.05) is 0 Å². The predicted octanol–water partition coefficient (Wildman–Crippen LogP) is 5.28. The normalized spacial score (nSPS) is 12.2.